The van der Waals surface area contributed by atoms with E-state index in [1.54, 1.807) is 0 Å². The van der Waals surface area contributed by atoms with E-state index in [1.165, 1.54) is 38.9 Å². The van der Waals surface area contributed by atoms with E-state index >= 15 is 0 Å². The highest BCUT2D eigenvalue weighted by Crippen LogP contribution is 2.20. The van der Waals surface area contributed by atoms with Gasteiger partial charge in [0.2, 0.25) is 0 Å². The molecule has 0 aromatic rings. The van der Waals surface area contributed by atoms with Crippen molar-refractivity contribution in [2.75, 3.05) is 19.6 Å². The van der Waals surface area contributed by atoms with Gasteiger partial charge in [0, 0.05) is 31.8 Å². The quantitative estimate of drug-likeness (QED) is 0.604. The summed E-state index contributed by atoms with van der Waals surface area (Å²) >= 11 is 0. The summed E-state index contributed by atoms with van der Waals surface area (Å²) in [6.07, 6.45) is 5.39. The van der Waals surface area contributed by atoms with Gasteiger partial charge in [0.25, 0.3) is 0 Å². The molecule has 0 radical (unpaired) electrons. The van der Waals surface area contributed by atoms with Gasteiger partial charge < -0.3 is 10.2 Å². The molecule has 2 rings (SSSR count). The molecule has 0 spiro atoms. The molecule has 3 N–H and O–H groups in total. The topological polar surface area (TPSA) is 89.9 Å². The van der Waals surface area contributed by atoms with Crippen molar-refractivity contribution in [3.63, 3.8) is 0 Å². The van der Waals surface area contributed by atoms with Crippen LogP contribution in [0.4, 0.5) is 0 Å². The average Bonchev–Trinajstić information content (AvgIpc) is 2.27. The first-order valence-corrected chi connectivity index (χ1v) is 5.70. The Bertz CT molecular complexity index is 268. The predicted molar refractivity (Wildman–Crippen MR) is 61.3 cm³/mol. The number of nitrogens with one attached hydrogen (secondary N) is 1. The van der Waals surface area contributed by atoms with Crippen molar-refractivity contribution in [1.82, 2.24) is 10.4 Å². The molecule has 0 aromatic carbocycles. The number of fused-ring (bicyclic) bond motifs is 2. The van der Waals surface area contributed by atoms with Crippen molar-refractivity contribution in [1.29, 1.82) is 0 Å². The van der Waals surface area contributed by atoms with Crippen LogP contribution in [0.1, 0.15) is 19.3 Å². The zero-order valence-corrected chi connectivity index (χ0v) is 9.63. The van der Waals surface area contributed by atoms with E-state index in [0.717, 1.165) is 5.92 Å². The Labute approximate surface area is 99.9 Å². The fraction of sp³-hybridized carbons (Fsp3) is 0.636. The summed E-state index contributed by atoms with van der Waals surface area (Å²) < 4.78 is 0. The van der Waals surface area contributed by atoms with E-state index in [0.29, 0.717) is 12.2 Å². The number of hydrogen-bond acceptors (Lipinski definition) is 4. The van der Waals surface area contributed by atoms with E-state index in [4.69, 9.17) is 10.2 Å². The Morgan fingerprint density at radius 1 is 1.18 bits per heavy atom. The van der Waals surface area contributed by atoms with Gasteiger partial charge in [-0.2, -0.15) is 0 Å². The fourth-order valence-corrected chi connectivity index (χ4v) is 2.01. The number of rotatable bonds is 2. The first-order valence-electron chi connectivity index (χ1n) is 5.70. The maximum atomic E-state index is 9.55. The van der Waals surface area contributed by atoms with E-state index in [2.05, 4.69) is 10.4 Å². The standard InChI is InChI=1S/C7H14N2.C4H4O4/c1-2-7-3-4-8-9(5-1)6-7;5-3(6)1-2-4(7)8/h7-8H,1-6H2;1-2H,(H,5,6)(H,7,8)/b;2-1+. The van der Waals surface area contributed by atoms with Crippen molar-refractivity contribution in [2.45, 2.75) is 19.3 Å². The molecule has 2 saturated heterocycles. The largest absolute Gasteiger partial charge is 0.478 e. The van der Waals surface area contributed by atoms with Gasteiger partial charge in [-0.3, -0.25) is 5.43 Å². The molecule has 17 heavy (non-hydrogen) atoms. The van der Waals surface area contributed by atoms with Crippen LogP contribution >= 0.6 is 0 Å². The Kier molecular flexibility index (Phi) is 5.65. The lowest BCUT2D eigenvalue weighted by molar-refractivity contribution is -0.134. The molecule has 96 valence electrons. The number of aliphatic carboxylic acids is 2. The second-order valence-electron chi connectivity index (χ2n) is 4.16. The number of hydrazine groups is 1. The molecule has 0 saturated carbocycles. The van der Waals surface area contributed by atoms with Crippen molar-refractivity contribution < 1.29 is 19.8 Å². The third-order valence-electron chi connectivity index (χ3n) is 2.78. The molecule has 2 aliphatic rings. The van der Waals surface area contributed by atoms with E-state index in [9.17, 15) is 9.59 Å². The van der Waals surface area contributed by atoms with Gasteiger partial charge in [-0.05, 0) is 25.2 Å². The second kappa shape index (κ2) is 7.03. The lowest BCUT2D eigenvalue weighted by Crippen LogP contribution is -2.50. The minimum atomic E-state index is -1.26. The van der Waals surface area contributed by atoms with Gasteiger partial charge in [0.05, 0.1) is 0 Å². The molecule has 6 heteroatoms. The summed E-state index contributed by atoms with van der Waals surface area (Å²) in [5.41, 5.74) is 3.38. The van der Waals surface area contributed by atoms with Gasteiger partial charge in [0.1, 0.15) is 0 Å². The molecule has 2 fully saturated rings. The Morgan fingerprint density at radius 2 is 1.82 bits per heavy atom. The molecule has 2 bridgehead atoms. The molecule has 2 aliphatic heterocycles. The highest BCUT2D eigenvalue weighted by Gasteiger charge is 2.22. The van der Waals surface area contributed by atoms with E-state index in [1.807, 2.05) is 0 Å². The van der Waals surface area contributed by atoms with Crippen LogP contribution in [0.15, 0.2) is 12.2 Å². The smallest absolute Gasteiger partial charge is 0.328 e. The molecular formula is C11H18N2O4. The maximum Gasteiger partial charge on any atom is 0.328 e. The number of carbonyl (C=O) groups is 2. The van der Waals surface area contributed by atoms with E-state index in [-0.39, 0.29) is 0 Å². The third kappa shape index (κ3) is 6.03. The minimum Gasteiger partial charge on any atom is -0.478 e. The summed E-state index contributed by atoms with van der Waals surface area (Å²) in [6.45, 7) is 3.79. The molecule has 2 atom stereocenters. The number of hydrogen-bond donors (Lipinski definition) is 3. The maximum absolute atomic E-state index is 9.55. The Balaban J connectivity index is 0.000000172. The monoisotopic (exact) mass is 242 g/mol. The van der Waals surface area contributed by atoms with Crippen molar-refractivity contribution in [2.24, 2.45) is 5.92 Å². The van der Waals surface area contributed by atoms with Crippen LogP contribution < -0.4 is 5.43 Å². The average molecular weight is 242 g/mol. The van der Waals surface area contributed by atoms with Crippen LogP contribution in [0.25, 0.3) is 0 Å². The van der Waals surface area contributed by atoms with Crippen molar-refractivity contribution in [3.05, 3.63) is 12.2 Å². The SMILES string of the molecule is C1CC2CCNN(C1)C2.O=C(O)/C=C/C(=O)O. The van der Waals surface area contributed by atoms with Crippen molar-refractivity contribution in [3.8, 4) is 0 Å². The predicted octanol–water partition coefficient (Wildman–Crippen LogP) is 0.319. The molecule has 2 heterocycles. The molecule has 6 nitrogen and oxygen atoms in total. The van der Waals surface area contributed by atoms with Gasteiger partial charge in [-0.25, -0.2) is 14.6 Å². The number of piperidine rings is 1. The third-order valence-corrected chi connectivity index (χ3v) is 2.78. The van der Waals surface area contributed by atoms with Gasteiger partial charge in [-0.15, -0.1) is 0 Å². The zero-order valence-electron chi connectivity index (χ0n) is 9.63. The zero-order chi connectivity index (χ0) is 12.7. The van der Waals surface area contributed by atoms with Crippen LogP contribution in [0.2, 0.25) is 0 Å². The summed E-state index contributed by atoms with van der Waals surface area (Å²) in [4.78, 5) is 19.1. The normalized spacial score (nSPS) is 27.1. The molecule has 0 aromatic heterocycles. The lowest BCUT2D eigenvalue weighted by atomic mass is 9.94. The molecule has 0 amide bonds. The summed E-state index contributed by atoms with van der Waals surface area (Å²) in [6, 6.07) is 0. The van der Waals surface area contributed by atoms with Crippen LogP contribution in [0, 0.1) is 5.92 Å². The number of carboxylic acids is 2. The molecule has 0 aliphatic carbocycles. The fourth-order valence-electron chi connectivity index (χ4n) is 2.01. The Morgan fingerprint density at radius 3 is 2.29 bits per heavy atom. The minimum absolute atomic E-state index is 0.558. The van der Waals surface area contributed by atoms with Crippen LogP contribution in [-0.2, 0) is 9.59 Å². The summed E-state index contributed by atoms with van der Waals surface area (Å²) in [5.74, 6) is -1.50. The Hall–Kier alpha value is -1.40. The van der Waals surface area contributed by atoms with Crippen LogP contribution in [0.3, 0.4) is 0 Å². The number of carboxylic acid groups (broad SMARTS) is 2. The van der Waals surface area contributed by atoms with Crippen molar-refractivity contribution >= 4 is 11.9 Å². The van der Waals surface area contributed by atoms with Crippen LogP contribution in [0.5, 0.6) is 0 Å². The lowest BCUT2D eigenvalue weighted by Gasteiger charge is -2.37. The summed E-state index contributed by atoms with van der Waals surface area (Å²) in [5, 5.41) is 18.0. The van der Waals surface area contributed by atoms with Gasteiger partial charge in [-0.1, -0.05) is 0 Å². The molecule has 2 unspecified atom stereocenters. The first kappa shape index (κ1) is 13.7. The highest BCUT2D eigenvalue weighted by molar-refractivity contribution is 5.89. The first-order chi connectivity index (χ1) is 8.08. The second-order valence-corrected chi connectivity index (χ2v) is 4.16. The van der Waals surface area contributed by atoms with Gasteiger partial charge in [0.15, 0.2) is 0 Å². The van der Waals surface area contributed by atoms with Crippen LogP contribution in [-0.4, -0.2) is 46.8 Å². The van der Waals surface area contributed by atoms with Gasteiger partial charge >= 0.3 is 11.9 Å². The highest BCUT2D eigenvalue weighted by atomic mass is 16.4. The summed E-state index contributed by atoms with van der Waals surface area (Å²) in [7, 11) is 0. The molecular weight excluding hydrogens is 224 g/mol. The number of nitrogens with zero attached hydrogens (tertiary/aromatic N) is 1. The van der Waals surface area contributed by atoms with E-state index < -0.39 is 11.9 Å².